The van der Waals surface area contributed by atoms with Crippen molar-refractivity contribution in [2.45, 2.75) is 45.1 Å². The minimum atomic E-state index is -0.312. The minimum Gasteiger partial charge on any atom is -0.399 e. The Morgan fingerprint density at radius 1 is 1.05 bits per heavy atom. The second kappa shape index (κ2) is 4.49. The average Bonchev–Trinajstić information content (AvgIpc) is 2.40. The Hall–Kier alpha value is -1.02. The molecule has 0 aliphatic heterocycles. The SMILES string of the molecule is Cc1ccc(N)cc1C(O)C1C2CC3CC(C2)CC1C3. The summed E-state index contributed by atoms with van der Waals surface area (Å²) in [5, 5.41) is 11.0. The van der Waals surface area contributed by atoms with Crippen molar-refractivity contribution in [3.63, 3.8) is 0 Å². The first-order valence-electron chi connectivity index (χ1n) is 8.16. The lowest BCUT2D eigenvalue weighted by Crippen LogP contribution is -2.47. The number of nitrogen functional groups attached to an aromatic ring is 1. The monoisotopic (exact) mass is 271 g/mol. The number of anilines is 1. The van der Waals surface area contributed by atoms with Gasteiger partial charge < -0.3 is 10.8 Å². The normalized spacial score (nSPS) is 40.0. The fraction of sp³-hybridized carbons (Fsp3) is 0.667. The van der Waals surface area contributed by atoms with E-state index in [-0.39, 0.29) is 6.10 Å². The predicted octanol–water partition coefficient (Wildman–Crippen LogP) is 3.68. The van der Waals surface area contributed by atoms with Crippen molar-refractivity contribution in [3.8, 4) is 0 Å². The maximum Gasteiger partial charge on any atom is 0.0826 e. The first kappa shape index (κ1) is 12.7. The molecule has 2 heteroatoms. The van der Waals surface area contributed by atoms with E-state index in [2.05, 4.69) is 6.92 Å². The first-order chi connectivity index (χ1) is 9.61. The quantitative estimate of drug-likeness (QED) is 0.806. The first-order valence-corrected chi connectivity index (χ1v) is 8.16. The number of hydrogen-bond acceptors (Lipinski definition) is 2. The van der Waals surface area contributed by atoms with Gasteiger partial charge in [-0.05, 0) is 91.9 Å². The zero-order chi connectivity index (χ0) is 13.9. The Morgan fingerprint density at radius 3 is 2.25 bits per heavy atom. The lowest BCUT2D eigenvalue weighted by molar-refractivity contribution is -0.0909. The summed E-state index contributed by atoms with van der Waals surface area (Å²) in [6, 6.07) is 5.97. The molecule has 4 saturated carbocycles. The molecule has 1 aromatic rings. The molecule has 0 saturated heterocycles. The predicted molar refractivity (Wildman–Crippen MR) is 81.1 cm³/mol. The maximum atomic E-state index is 11.0. The minimum absolute atomic E-state index is 0.312. The van der Waals surface area contributed by atoms with E-state index in [0.717, 1.165) is 34.9 Å². The Kier molecular flexibility index (Phi) is 2.85. The number of rotatable bonds is 2. The van der Waals surface area contributed by atoms with E-state index in [0.29, 0.717) is 5.92 Å². The van der Waals surface area contributed by atoms with Gasteiger partial charge in [0.1, 0.15) is 0 Å². The van der Waals surface area contributed by atoms with Gasteiger partial charge in [0.2, 0.25) is 0 Å². The molecule has 4 bridgehead atoms. The molecule has 1 aromatic carbocycles. The number of aliphatic hydroxyl groups excluding tert-OH is 1. The summed E-state index contributed by atoms with van der Waals surface area (Å²) < 4.78 is 0. The number of nitrogens with two attached hydrogens (primary N) is 1. The highest BCUT2D eigenvalue weighted by atomic mass is 16.3. The fourth-order valence-electron chi connectivity index (χ4n) is 5.67. The summed E-state index contributed by atoms with van der Waals surface area (Å²) >= 11 is 0. The van der Waals surface area contributed by atoms with Crippen LogP contribution in [0.4, 0.5) is 5.69 Å². The molecule has 4 aliphatic carbocycles. The van der Waals surface area contributed by atoms with E-state index in [1.165, 1.54) is 37.7 Å². The molecule has 0 amide bonds. The van der Waals surface area contributed by atoms with Crippen LogP contribution in [-0.4, -0.2) is 5.11 Å². The van der Waals surface area contributed by atoms with Crippen LogP contribution in [-0.2, 0) is 0 Å². The largest absolute Gasteiger partial charge is 0.399 e. The Morgan fingerprint density at radius 2 is 1.65 bits per heavy atom. The van der Waals surface area contributed by atoms with Gasteiger partial charge in [0.25, 0.3) is 0 Å². The van der Waals surface area contributed by atoms with Gasteiger partial charge in [-0.3, -0.25) is 0 Å². The van der Waals surface area contributed by atoms with Crippen molar-refractivity contribution in [3.05, 3.63) is 29.3 Å². The third-order valence-electron chi connectivity index (χ3n) is 6.29. The molecule has 20 heavy (non-hydrogen) atoms. The van der Waals surface area contributed by atoms with Crippen LogP contribution < -0.4 is 5.73 Å². The molecule has 4 aliphatic rings. The zero-order valence-corrected chi connectivity index (χ0v) is 12.3. The van der Waals surface area contributed by atoms with Crippen molar-refractivity contribution in [1.82, 2.24) is 0 Å². The van der Waals surface area contributed by atoms with Crippen LogP contribution in [0.3, 0.4) is 0 Å². The molecule has 4 fully saturated rings. The van der Waals surface area contributed by atoms with Gasteiger partial charge in [0.05, 0.1) is 6.10 Å². The van der Waals surface area contributed by atoms with Gasteiger partial charge >= 0.3 is 0 Å². The molecule has 1 atom stereocenters. The average molecular weight is 271 g/mol. The molecule has 0 heterocycles. The Labute approximate surface area is 121 Å². The maximum absolute atomic E-state index is 11.0. The van der Waals surface area contributed by atoms with Gasteiger partial charge in [-0.1, -0.05) is 6.07 Å². The Bertz CT molecular complexity index is 496. The topological polar surface area (TPSA) is 46.2 Å². The van der Waals surface area contributed by atoms with Crippen molar-refractivity contribution in [2.24, 2.45) is 29.6 Å². The Balaban J connectivity index is 1.65. The van der Waals surface area contributed by atoms with E-state index in [1.54, 1.807) is 0 Å². The lowest BCUT2D eigenvalue weighted by Gasteiger charge is -2.55. The van der Waals surface area contributed by atoms with Crippen LogP contribution in [0.15, 0.2) is 18.2 Å². The van der Waals surface area contributed by atoms with Crippen LogP contribution in [0.2, 0.25) is 0 Å². The summed E-state index contributed by atoms with van der Waals surface area (Å²) in [4.78, 5) is 0. The number of aliphatic hydroxyl groups is 1. The molecule has 5 rings (SSSR count). The smallest absolute Gasteiger partial charge is 0.0826 e. The molecule has 2 nitrogen and oxygen atoms in total. The second-order valence-corrected chi connectivity index (χ2v) is 7.57. The summed E-state index contributed by atoms with van der Waals surface area (Å²) in [5.74, 6) is 3.90. The van der Waals surface area contributed by atoms with Crippen LogP contribution in [0.25, 0.3) is 0 Å². The van der Waals surface area contributed by atoms with Crippen LogP contribution in [0.5, 0.6) is 0 Å². The highest BCUT2D eigenvalue weighted by Crippen LogP contribution is 2.59. The number of aryl methyl sites for hydroxylation is 1. The molecular weight excluding hydrogens is 246 g/mol. The standard InChI is InChI=1S/C18H25NO/c1-10-2-3-15(19)9-16(10)18(20)17-13-5-11-4-12(7-13)8-14(17)6-11/h2-3,9,11-14,17-18,20H,4-8,19H2,1H3. The van der Waals surface area contributed by atoms with Crippen molar-refractivity contribution in [2.75, 3.05) is 5.73 Å². The summed E-state index contributed by atoms with van der Waals surface area (Å²) in [6.07, 6.45) is 6.58. The zero-order valence-electron chi connectivity index (χ0n) is 12.3. The van der Waals surface area contributed by atoms with E-state index in [4.69, 9.17) is 5.73 Å². The molecular formula is C18H25NO. The third kappa shape index (κ3) is 1.88. The number of hydrogen-bond donors (Lipinski definition) is 2. The molecule has 0 aromatic heterocycles. The van der Waals surface area contributed by atoms with Crippen molar-refractivity contribution < 1.29 is 5.11 Å². The van der Waals surface area contributed by atoms with Gasteiger partial charge in [0.15, 0.2) is 0 Å². The second-order valence-electron chi connectivity index (χ2n) is 7.57. The van der Waals surface area contributed by atoms with Crippen LogP contribution >= 0.6 is 0 Å². The summed E-state index contributed by atoms with van der Waals surface area (Å²) in [7, 11) is 0. The highest BCUT2D eigenvalue weighted by Gasteiger charge is 2.50. The van der Waals surface area contributed by atoms with Gasteiger partial charge in [-0.15, -0.1) is 0 Å². The van der Waals surface area contributed by atoms with Gasteiger partial charge in [0, 0.05) is 5.69 Å². The lowest BCUT2D eigenvalue weighted by atomic mass is 9.50. The van der Waals surface area contributed by atoms with E-state index in [9.17, 15) is 5.11 Å². The van der Waals surface area contributed by atoms with Gasteiger partial charge in [-0.25, -0.2) is 0 Å². The molecule has 1 unspecified atom stereocenters. The third-order valence-corrected chi connectivity index (χ3v) is 6.29. The fourth-order valence-corrected chi connectivity index (χ4v) is 5.67. The van der Waals surface area contributed by atoms with Gasteiger partial charge in [-0.2, -0.15) is 0 Å². The summed E-state index contributed by atoms with van der Waals surface area (Å²) in [6.45, 7) is 2.09. The molecule has 0 spiro atoms. The number of benzene rings is 1. The van der Waals surface area contributed by atoms with E-state index >= 15 is 0 Å². The van der Waals surface area contributed by atoms with Crippen molar-refractivity contribution >= 4 is 5.69 Å². The highest BCUT2D eigenvalue weighted by molar-refractivity contribution is 5.45. The van der Waals surface area contributed by atoms with E-state index in [1.807, 2.05) is 18.2 Å². The van der Waals surface area contributed by atoms with Crippen molar-refractivity contribution in [1.29, 1.82) is 0 Å². The van der Waals surface area contributed by atoms with E-state index < -0.39 is 0 Å². The molecule has 3 N–H and O–H groups in total. The molecule has 0 radical (unpaired) electrons. The van der Waals surface area contributed by atoms with Crippen LogP contribution in [0, 0.1) is 36.5 Å². The van der Waals surface area contributed by atoms with Crippen LogP contribution in [0.1, 0.15) is 49.3 Å². The summed E-state index contributed by atoms with van der Waals surface area (Å²) in [5.41, 5.74) is 8.95. The molecule has 108 valence electrons.